The van der Waals surface area contributed by atoms with Crippen molar-refractivity contribution in [1.29, 1.82) is 0 Å². The van der Waals surface area contributed by atoms with Crippen LogP contribution in [0.3, 0.4) is 0 Å². The summed E-state index contributed by atoms with van der Waals surface area (Å²) in [6.45, 7) is 8.02. The lowest BCUT2D eigenvalue weighted by molar-refractivity contribution is -0.138. The van der Waals surface area contributed by atoms with Gasteiger partial charge in [-0.2, -0.15) is 4.98 Å². The van der Waals surface area contributed by atoms with Crippen molar-refractivity contribution in [2.45, 2.75) is 170 Å². The number of aliphatic hydroxyl groups excluding tert-OH is 1. The zero-order valence-electron chi connectivity index (χ0n) is 39.2. The van der Waals surface area contributed by atoms with Gasteiger partial charge in [-0.15, -0.1) is 0 Å². The van der Waals surface area contributed by atoms with Crippen molar-refractivity contribution in [2.24, 2.45) is 0 Å². The van der Waals surface area contributed by atoms with Crippen LogP contribution in [0.15, 0.2) is 58.5 Å². The molecule has 17 heteroatoms. The monoisotopic (exact) mass is 940 g/mol. The molecule has 67 heavy (non-hydrogen) atoms. The molecule has 3 amide bonds. The van der Waals surface area contributed by atoms with Crippen molar-refractivity contribution in [3.05, 3.63) is 59.7 Å². The molecular formula is C50H64N6O10S. The molecule has 4 N–H and O–H groups in total. The Morgan fingerprint density at radius 3 is 2.42 bits per heavy atom. The number of benzene rings is 2. The fourth-order valence-electron chi connectivity index (χ4n) is 10.2. The minimum absolute atomic E-state index is 0.0279. The quantitative estimate of drug-likeness (QED) is 0.120. The summed E-state index contributed by atoms with van der Waals surface area (Å²) in [5.41, 5.74) is 2.53. The number of nitrogens with zero attached hydrogens (tertiary/aromatic N) is 3. The van der Waals surface area contributed by atoms with Crippen LogP contribution < -0.4 is 24.8 Å². The lowest BCUT2D eigenvalue weighted by Gasteiger charge is -2.37. The number of hydrogen-bond donors (Lipinski definition) is 4. The van der Waals surface area contributed by atoms with E-state index in [1.165, 1.54) is 4.90 Å². The Labute approximate surface area is 392 Å². The number of furan rings is 1. The SMILES string of the molecule is COc1cccc2c1oc1c(O[C@@H]3C[C@H]4C(O)N[C@]5(C(=O)NS(=O)(=O)C6(C)CC6)CC/C(=C/CCCCC[C@H](NC(=O)OC6CCCC6)C(=O)N4C3)C5)nc(-c3ccc(C(C)(C)C)cc3)nc12. The molecule has 9 rings (SSSR count). The van der Waals surface area contributed by atoms with E-state index < -0.39 is 62.6 Å². The van der Waals surface area contributed by atoms with Crippen LogP contribution in [-0.2, 0) is 29.8 Å². The van der Waals surface area contributed by atoms with E-state index in [0.717, 1.165) is 61.6 Å². The lowest BCUT2D eigenvalue weighted by atomic mass is 9.87. The van der Waals surface area contributed by atoms with Gasteiger partial charge in [0, 0.05) is 12.0 Å². The van der Waals surface area contributed by atoms with Crippen molar-refractivity contribution in [3.8, 4) is 23.0 Å². The second-order valence-corrected chi connectivity index (χ2v) is 22.8. The molecule has 16 nitrogen and oxygen atoms in total. The number of allylic oxidation sites excluding steroid dienone is 1. The van der Waals surface area contributed by atoms with Crippen molar-refractivity contribution in [3.63, 3.8) is 0 Å². The van der Waals surface area contributed by atoms with Gasteiger partial charge in [-0.05, 0) is 107 Å². The summed E-state index contributed by atoms with van der Waals surface area (Å²) in [5.74, 6) is -0.176. The molecule has 3 aliphatic carbocycles. The maximum atomic E-state index is 15.0. The van der Waals surface area contributed by atoms with E-state index >= 15 is 4.79 Å². The van der Waals surface area contributed by atoms with Crippen molar-refractivity contribution >= 4 is 50.0 Å². The topological polar surface area (TPSA) is 212 Å². The van der Waals surface area contributed by atoms with Gasteiger partial charge in [0.25, 0.3) is 11.8 Å². The van der Waals surface area contributed by atoms with Crippen LogP contribution in [0.4, 0.5) is 4.79 Å². The smallest absolute Gasteiger partial charge is 0.408 e. The summed E-state index contributed by atoms with van der Waals surface area (Å²) in [6.07, 6.45) is 7.57. The van der Waals surface area contributed by atoms with E-state index in [2.05, 4.69) is 42.2 Å². The fourth-order valence-corrected chi connectivity index (χ4v) is 11.5. The lowest BCUT2D eigenvalue weighted by Crippen LogP contribution is -2.64. The number of hydrogen-bond acceptors (Lipinski definition) is 13. The van der Waals surface area contributed by atoms with E-state index in [1.807, 2.05) is 36.4 Å². The van der Waals surface area contributed by atoms with Crippen molar-refractivity contribution in [1.82, 2.24) is 30.2 Å². The van der Waals surface area contributed by atoms with Crippen LogP contribution in [0.2, 0.25) is 0 Å². The number of carbonyl (C=O) groups excluding carboxylic acids is 3. The Morgan fingerprint density at radius 1 is 0.955 bits per heavy atom. The number of carbonyl (C=O) groups is 3. The predicted molar refractivity (Wildman–Crippen MR) is 252 cm³/mol. The molecule has 2 aliphatic heterocycles. The summed E-state index contributed by atoms with van der Waals surface area (Å²) in [5, 5.41) is 19.2. The Morgan fingerprint density at radius 2 is 1.70 bits per heavy atom. The molecule has 2 bridgehead atoms. The molecule has 0 spiro atoms. The normalized spacial score (nSPS) is 26.9. The van der Waals surface area contributed by atoms with Crippen LogP contribution in [0, 0.1) is 0 Å². The second-order valence-electron chi connectivity index (χ2n) is 20.6. The van der Waals surface area contributed by atoms with Gasteiger partial charge in [0.15, 0.2) is 17.2 Å². The third-order valence-electron chi connectivity index (χ3n) is 14.6. The van der Waals surface area contributed by atoms with Crippen LogP contribution in [0.5, 0.6) is 11.6 Å². The van der Waals surface area contributed by atoms with E-state index in [4.69, 9.17) is 28.6 Å². The molecule has 3 saturated carbocycles. The number of aromatic nitrogens is 2. The van der Waals surface area contributed by atoms with Crippen LogP contribution >= 0.6 is 0 Å². The summed E-state index contributed by atoms with van der Waals surface area (Å²) >= 11 is 0. The molecule has 2 aromatic heterocycles. The maximum absolute atomic E-state index is 15.0. The Hall–Kier alpha value is -5.26. The second kappa shape index (κ2) is 18.3. The third kappa shape index (κ3) is 9.60. The van der Waals surface area contributed by atoms with E-state index in [1.54, 1.807) is 20.1 Å². The largest absolute Gasteiger partial charge is 0.493 e. The molecule has 5 atom stereocenters. The van der Waals surface area contributed by atoms with Gasteiger partial charge in [0.05, 0.1) is 29.8 Å². The number of ether oxygens (including phenoxy) is 3. The van der Waals surface area contributed by atoms with Gasteiger partial charge in [-0.3, -0.25) is 19.6 Å². The Balaban J connectivity index is 1.08. The van der Waals surface area contributed by atoms with Gasteiger partial charge in [-0.1, -0.05) is 75.6 Å². The summed E-state index contributed by atoms with van der Waals surface area (Å²) in [4.78, 5) is 54.2. The van der Waals surface area contributed by atoms with Crippen LogP contribution in [0.25, 0.3) is 33.5 Å². The Kier molecular flexibility index (Phi) is 12.8. The van der Waals surface area contributed by atoms with Crippen LogP contribution in [-0.4, -0.2) is 101 Å². The van der Waals surface area contributed by atoms with E-state index in [-0.39, 0.29) is 48.8 Å². The zero-order chi connectivity index (χ0) is 47.3. The molecule has 5 aliphatic rings. The molecule has 4 heterocycles. The predicted octanol–water partition coefficient (Wildman–Crippen LogP) is 7.45. The molecule has 4 aromatic rings. The number of methoxy groups -OCH3 is 1. The molecule has 4 fully saturated rings. The Bertz CT molecular complexity index is 2670. The first-order valence-electron chi connectivity index (χ1n) is 24.0. The van der Waals surface area contributed by atoms with Gasteiger partial charge in [-0.25, -0.2) is 18.2 Å². The molecule has 360 valence electrons. The average molecular weight is 941 g/mol. The number of amides is 3. The molecule has 1 saturated heterocycles. The summed E-state index contributed by atoms with van der Waals surface area (Å²) in [6, 6.07) is 11.6. The molecule has 2 aromatic carbocycles. The number of sulfonamides is 1. The van der Waals surface area contributed by atoms with Gasteiger partial charge in [0.1, 0.15) is 35.5 Å². The number of alkyl carbamates (subject to hydrolysis) is 1. The molecule has 1 unspecified atom stereocenters. The number of para-hydroxylation sites is 1. The van der Waals surface area contributed by atoms with Crippen molar-refractivity contribution < 1.29 is 46.5 Å². The van der Waals surface area contributed by atoms with E-state index in [0.29, 0.717) is 60.2 Å². The third-order valence-corrected chi connectivity index (χ3v) is 16.8. The minimum atomic E-state index is -4.02. The highest BCUT2D eigenvalue weighted by Gasteiger charge is 2.55. The highest BCUT2D eigenvalue weighted by Crippen LogP contribution is 2.44. The first-order valence-corrected chi connectivity index (χ1v) is 25.5. The maximum Gasteiger partial charge on any atom is 0.408 e. The number of rotatable bonds is 9. The molecular weight excluding hydrogens is 877 g/mol. The van der Waals surface area contributed by atoms with Crippen LogP contribution in [0.1, 0.15) is 130 Å². The van der Waals surface area contributed by atoms with E-state index in [9.17, 15) is 23.1 Å². The van der Waals surface area contributed by atoms with Crippen molar-refractivity contribution in [2.75, 3.05) is 13.7 Å². The molecule has 0 radical (unpaired) electrons. The summed E-state index contributed by atoms with van der Waals surface area (Å²) in [7, 11) is -2.46. The minimum Gasteiger partial charge on any atom is -0.493 e. The highest BCUT2D eigenvalue weighted by molar-refractivity contribution is 7.91. The standard InChI is InChI=1S/C50H64N6O10S/c1-48(2,3)32-21-19-31(20-22-32)42-52-39-35-16-12-18-38(63-5)40(35)66-41(39)44(53-42)64-34-27-37-43(57)54-50(46(59)55-67(61,62)49(4)25-26-49)24-23-30(28-50)13-8-6-7-9-17-36(45(58)56(37)29-34)51-47(60)65-33-14-10-11-15-33/h12-13,16,18-22,33-34,36-37,43,54,57H,6-11,14-15,17,23-29H2,1-5H3,(H,51,60)(H,55,59)/b30-13-/t34-,36+,37+,43?,50-/m1/s1. The zero-order valence-corrected chi connectivity index (χ0v) is 40.0. The average Bonchev–Trinajstić information content (AvgIpc) is 3.75. The highest BCUT2D eigenvalue weighted by atomic mass is 32.2. The first-order chi connectivity index (χ1) is 32.0. The summed E-state index contributed by atoms with van der Waals surface area (Å²) < 4.78 is 53.0. The number of nitrogens with one attached hydrogen (secondary N) is 3. The van der Waals surface area contributed by atoms with Gasteiger partial charge >= 0.3 is 6.09 Å². The number of aliphatic hydroxyl groups is 1. The fraction of sp³-hybridized carbons (Fsp3) is 0.580. The van der Waals surface area contributed by atoms with Gasteiger partial charge in [0.2, 0.25) is 21.5 Å². The van der Waals surface area contributed by atoms with Gasteiger partial charge < -0.3 is 34.0 Å². The number of fused-ring (bicyclic) bond motifs is 6. The first kappa shape index (κ1) is 46.8.